The number of primary amides is 1. The molecular weight excluding hydrogens is 596 g/mol. The average molecular weight is 659 g/mol. The molecule has 3 rings (SSSR count). The molecule has 10 nitrogen and oxygen atoms in total. The van der Waals surface area contributed by atoms with Crippen LogP contribution in [0.3, 0.4) is 0 Å². The zero-order chi connectivity index (χ0) is 34.2. The lowest BCUT2D eigenvalue weighted by atomic mass is 9.81. The van der Waals surface area contributed by atoms with E-state index in [-0.39, 0.29) is 37.0 Å². The number of aliphatic hydroxyl groups is 1. The van der Waals surface area contributed by atoms with E-state index in [0.29, 0.717) is 38.3 Å². The maximum absolute atomic E-state index is 14.2. The Balaban J connectivity index is 1.80. The van der Waals surface area contributed by atoms with Crippen LogP contribution in [0.2, 0.25) is 0 Å². The fourth-order valence-corrected chi connectivity index (χ4v) is 7.15. The first kappa shape index (κ1) is 38.9. The molecule has 266 valence electrons. The van der Waals surface area contributed by atoms with Crippen molar-refractivity contribution < 1.29 is 29.0 Å². The van der Waals surface area contributed by atoms with Gasteiger partial charge in [-0.25, -0.2) is 0 Å². The number of aliphatic hydroxyl groups excluding tert-OH is 1. The molecule has 0 radical (unpaired) electrons. The molecule has 1 aromatic rings. The van der Waals surface area contributed by atoms with Crippen molar-refractivity contribution in [2.24, 2.45) is 23.5 Å². The van der Waals surface area contributed by atoms with Gasteiger partial charge >= 0.3 is 0 Å². The van der Waals surface area contributed by atoms with Crippen molar-refractivity contribution in [1.29, 1.82) is 0 Å². The number of methoxy groups -OCH3 is 1. The van der Waals surface area contributed by atoms with Gasteiger partial charge in [-0.1, -0.05) is 96.0 Å². The van der Waals surface area contributed by atoms with Crippen LogP contribution in [0.15, 0.2) is 30.3 Å². The van der Waals surface area contributed by atoms with Gasteiger partial charge in [-0.2, -0.15) is 0 Å². The first-order valence-electron chi connectivity index (χ1n) is 18.1. The van der Waals surface area contributed by atoms with Crippen molar-refractivity contribution in [2.45, 2.75) is 135 Å². The van der Waals surface area contributed by atoms with Crippen LogP contribution in [-0.2, 0) is 30.3 Å². The van der Waals surface area contributed by atoms with Crippen LogP contribution in [0, 0.1) is 17.8 Å². The van der Waals surface area contributed by atoms with Gasteiger partial charge in [-0.15, -0.1) is 0 Å². The van der Waals surface area contributed by atoms with E-state index < -0.39 is 36.1 Å². The molecule has 3 amide bonds. The second-order valence-corrected chi connectivity index (χ2v) is 14.1. The molecule has 5 atom stereocenters. The summed E-state index contributed by atoms with van der Waals surface area (Å²) in [5, 5.41) is 18.2. The molecule has 1 aliphatic carbocycles. The summed E-state index contributed by atoms with van der Waals surface area (Å²) in [6.45, 7) is 7.35. The van der Waals surface area contributed by atoms with E-state index in [0.717, 1.165) is 56.9 Å². The molecule has 0 aromatic heterocycles. The summed E-state index contributed by atoms with van der Waals surface area (Å²) in [5.41, 5.74) is 6.73. The van der Waals surface area contributed by atoms with Gasteiger partial charge < -0.3 is 30.5 Å². The fraction of sp³-hybridized carbons (Fsp3) is 0.757. The van der Waals surface area contributed by atoms with E-state index in [1.165, 1.54) is 6.42 Å². The second kappa shape index (κ2) is 20.8. The smallest absolute Gasteiger partial charge is 0.240 e. The Kier molecular flexibility index (Phi) is 17.2. The zero-order valence-corrected chi connectivity index (χ0v) is 29.3. The maximum Gasteiger partial charge on any atom is 0.240 e. The Morgan fingerprint density at radius 1 is 1.02 bits per heavy atom. The number of rotatable bonds is 20. The summed E-state index contributed by atoms with van der Waals surface area (Å²) in [5.74, 6) is -0.763. The summed E-state index contributed by atoms with van der Waals surface area (Å²) in [6.07, 6.45) is 9.87. The predicted molar refractivity (Wildman–Crippen MR) is 184 cm³/mol. The van der Waals surface area contributed by atoms with Gasteiger partial charge in [0.25, 0.3) is 0 Å². The van der Waals surface area contributed by atoms with Crippen molar-refractivity contribution in [3.8, 4) is 0 Å². The maximum atomic E-state index is 14.2. The van der Waals surface area contributed by atoms with Gasteiger partial charge in [0.05, 0.1) is 30.3 Å². The van der Waals surface area contributed by atoms with Crippen LogP contribution in [0.4, 0.5) is 0 Å². The number of nitrogens with one attached hydrogen (secondary N) is 2. The van der Waals surface area contributed by atoms with E-state index in [1.807, 2.05) is 49.1 Å². The number of carbonyl (C=O) groups excluding carboxylic acids is 3. The molecule has 1 aromatic carbocycles. The molecule has 2 fully saturated rings. The molecule has 1 heterocycles. The lowest BCUT2D eigenvalue weighted by molar-refractivity contribution is -0.139. The third kappa shape index (κ3) is 13.1. The third-order valence-electron chi connectivity index (χ3n) is 10.1. The van der Waals surface area contributed by atoms with Crippen LogP contribution in [0.5, 0.6) is 0 Å². The molecule has 10 heteroatoms. The minimum atomic E-state index is -0.907. The number of hydrogen-bond donors (Lipinski definition) is 4. The number of nitrogens with zero attached hydrogens (tertiary/aromatic N) is 1. The number of unbranched alkanes of at least 4 members (excludes halogenated alkanes) is 1. The monoisotopic (exact) mass is 658 g/mol. The highest BCUT2D eigenvalue weighted by Gasteiger charge is 2.35. The number of benzene rings is 1. The molecule has 0 bridgehead atoms. The second-order valence-electron chi connectivity index (χ2n) is 14.1. The SMILES string of the molecule is CCCC[C@H](NC(Cc1ccccc1)C(=O)N1CCC(OCOC)CC1)C(=O)N[C@@H](CC1CCCCC1)[C@@H](O)C[C@H](C(N)=O)C(C)C. The van der Waals surface area contributed by atoms with E-state index in [4.69, 9.17) is 15.2 Å². The van der Waals surface area contributed by atoms with E-state index >= 15 is 0 Å². The third-order valence-corrected chi connectivity index (χ3v) is 10.1. The zero-order valence-electron chi connectivity index (χ0n) is 29.3. The van der Waals surface area contributed by atoms with Gasteiger partial charge in [0.1, 0.15) is 6.79 Å². The normalized spacial score (nSPS) is 19.6. The molecule has 1 saturated heterocycles. The number of carbonyl (C=O) groups is 3. The molecule has 5 N–H and O–H groups in total. The molecule has 1 saturated carbocycles. The van der Waals surface area contributed by atoms with E-state index in [2.05, 4.69) is 17.6 Å². The minimum Gasteiger partial charge on any atom is -0.391 e. The molecule has 47 heavy (non-hydrogen) atoms. The number of ether oxygens (including phenoxy) is 2. The standard InChI is InChI=1S/C37H62N4O6/c1-5-6-17-31(36(44)40-32(22-27-13-9-7-10-14-27)34(42)24-30(26(2)3)35(38)43)39-33(23-28-15-11-8-12-16-28)37(45)41-20-18-29(19-21-41)47-25-46-4/h8,11-12,15-16,26-27,29-34,39,42H,5-7,9-10,13-14,17-25H2,1-4H3,(H2,38,43)(H,40,44)/t30-,31-,32-,33?,34-/m0/s1. The highest BCUT2D eigenvalue weighted by molar-refractivity contribution is 5.86. The summed E-state index contributed by atoms with van der Waals surface area (Å²) in [4.78, 5) is 42.4. The lowest BCUT2D eigenvalue weighted by Crippen LogP contribution is -2.58. The topological polar surface area (TPSA) is 143 Å². The van der Waals surface area contributed by atoms with Gasteiger partial charge in [-0.05, 0) is 55.9 Å². The van der Waals surface area contributed by atoms with Crippen LogP contribution in [-0.4, -0.2) is 85.1 Å². The predicted octanol–water partition coefficient (Wildman–Crippen LogP) is 4.32. The van der Waals surface area contributed by atoms with E-state index in [1.54, 1.807) is 7.11 Å². The molecule has 0 spiro atoms. The van der Waals surface area contributed by atoms with Gasteiger partial charge in [0, 0.05) is 26.1 Å². The van der Waals surface area contributed by atoms with Gasteiger partial charge in [0.15, 0.2) is 0 Å². The Morgan fingerprint density at radius 2 is 1.70 bits per heavy atom. The first-order valence-corrected chi connectivity index (χ1v) is 18.1. The van der Waals surface area contributed by atoms with E-state index in [9.17, 15) is 19.5 Å². The van der Waals surface area contributed by atoms with Crippen LogP contribution >= 0.6 is 0 Å². The van der Waals surface area contributed by atoms with Crippen molar-refractivity contribution in [3.63, 3.8) is 0 Å². The number of amides is 3. The average Bonchev–Trinajstić information content (AvgIpc) is 3.07. The summed E-state index contributed by atoms with van der Waals surface area (Å²) >= 11 is 0. The number of nitrogens with two attached hydrogens (primary N) is 1. The van der Waals surface area contributed by atoms with Crippen LogP contribution in [0.25, 0.3) is 0 Å². The Morgan fingerprint density at radius 3 is 2.30 bits per heavy atom. The van der Waals surface area contributed by atoms with Gasteiger partial charge in [0.2, 0.25) is 17.7 Å². The minimum absolute atomic E-state index is 0.0199. The van der Waals surface area contributed by atoms with Crippen molar-refractivity contribution >= 4 is 17.7 Å². The van der Waals surface area contributed by atoms with Crippen molar-refractivity contribution in [1.82, 2.24) is 15.5 Å². The largest absolute Gasteiger partial charge is 0.391 e. The summed E-state index contributed by atoms with van der Waals surface area (Å²) in [7, 11) is 1.60. The number of piperidine rings is 1. The molecule has 1 aliphatic heterocycles. The van der Waals surface area contributed by atoms with Crippen molar-refractivity contribution in [2.75, 3.05) is 27.0 Å². The fourth-order valence-electron chi connectivity index (χ4n) is 7.15. The Bertz CT molecular complexity index is 1060. The Labute approximate surface area is 282 Å². The highest BCUT2D eigenvalue weighted by atomic mass is 16.7. The molecule has 1 unspecified atom stereocenters. The molecular formula is C37H62N4O6. The first-order chi connectivity index (χ1) is 22.6. The van der Waals surface area contributed by atoms with Crippen molar-refractivity contribution in [3.05, 3.63) is 35.9 Å². The summed E-state index contributed by atoms with van der Waals surface area (Å²) in [6, 6.07) is 8.18. The van der Waals surface area contributed by atoms with Gasteiger partial charge in [-0.3, -0.25) is 19.7 Å². The molecule has 2 aliphatic rings. The van der Waals surface area contributed by atoms with Crippen LogP contribution in [0.1, 0.15) is 103 Å². The lowest BCUT2D eigenvalue weighted by Gasteiger charge is -2.36. The summed E-state index contributed by atoms with van der Waals surface area (Å²) < 4.78 is 10.8. The Hall–Kier alpha value is -2.53. The number of hydrogen-bond acceptors (Lipinski definition) is 7. The number of likely N-dealkylation sites (tertiary alicyclic amines) is 1. The van der Waals surface area contributed by atoms with Crippen LogP contribution < -0.4 is 16.4 Å². The highest BCUT2D eigenvalue weighted by Crippen LogP contribution is 2.30. The quantitative estimate of drug-likeness (QED) is 0.153.